The molecule has 0 aliphatic rings. The highest BCUT2D eigenvalue weighted by atomic mass is 127. The molecule has 0 bridgehead atoms. The molecule has 0 aliphatic carbocycles. The van der Waals surface area contributed by atoms with Gasteiger partial charge in [0, 0.05) is 27.6 Å². The lowest BCUT2D eigenvalue weighted by molar-refractivity contribution is -0.261. The van der Waals surface area contributed by atoms with Crippen molar-refractivity contribution >= 4 is 40.2 Å². The van der Waals surface area contributed by atoms with Crippen LogP contribution >= 0.6 is 34.2 Å². The van der Waals surface area contributed by atoms with Gasteiger partial charge < -0.3 is 9.84 Å². The number of carboxylic acids is 1. The summed E-state index contributed by atoms with van der Waals surface area (Å²) in [4.78, 5) is 10.6. The first-order valence-electron chi connectivity index (χ1n) is 4.20. The molecule has 0 fully saturated rings. The van der Waals surface area contributed by atoms with E-state index in [0.29, 0.717) is 6.07 Å². The standard InChI is InChI=1S/C9H4ClF4IO3/c10-5-1-4(7(16)17)2-6(3-5)18-9(13,14)8(11,12)15/h1-3H,(H,16,17). The predicted octanol–water partition coefficient (Wildman–Crippen LogP) is 4.04. The van der Waals surface area contributed by atoms with Gasteiger partial charge in [-0.05, 0) is 18.2 Å². The zero-order chi connectivity index (χ0) is 14.1. The zero-order valence-corrected chi connectivity index (χ0v) is 11.2. The van der Waals surface area contributed by atoms with Gasteiger partial charge in [-0.3, -0.25) is 0 Å². The van der Waals surface area contributed by atoms with Crippen molar-refractivity contribution in [2.75, 3.05) is 0 Å². The molecule has 0 unspecified atom stereocenters. The second-order valence-electron chi connectivity index (χ2n) is 3.10. The minimum atomic E-state index is -4.78. The Morgan fingerprint density at radius 3 is 2.28 bits per heavy atom. The normalized spacial score (nSPS) is 12.3. The van der Waals surface area contributed by atoms with Crippen molar-refractivity contribution in [1.29, 1.82) is 0 Å². The van der Waals surface area contributed by atoms with Gasteiger partial charge in [-0.15, -0.1) is 0 Å². The molecule has 0 amide bonds. The van der Waals surface area contributed by atoms with Crippen LogP contribution in [0.5, 0.6) is 5.75 Å². The summed E-state index contributed by atoms with van der Waals surface area (Å²) < 4.78 is 50.2. The summed E-state index contributed by atoms with van der Waals surface area (Å²) in [6, 6.07) is 2.45. The van der Waals surface area contributed by atoms with Crippen molar-refractivity contribution in [2.45, 2.75) is 10.0 Å². The first-order chi connectivity index (χ1) is 8.03. The Bertz CT molecular complexity index is 475. The molecular formula is C9H4ClF4IO3. The molecule has 0 saturated carbocycles. The average molecular weight is 398 g/mol. The summed E-state index contributed by atoms with van der Waals surface area (Å²) in [5, 5.41) is 8.42. The summed E-state index contributed by atoms with van der Waals surface area (Å²) in [5.74, 6) is -2.21. The summed E-state index contributed by atoms with van der Waals surface area (Å²) in [7, 11) is 0. The van der Waals surface area contributed by atoms with E-state index in [0.717, 1.165) is 12.1 Å². The number of hydrogen-bond donors (Lipinski definition) is 1. The zero-order valence-electron chi connectivity index (χ0n) is 8.26. The van der Waals surface area contributed by atoms with Gasteiger partial charge in [-0.1, -0.05) is 11.6 Å². The van der Waals surface area contributed by atoms with E-state index in [9.17, 15) is 22.4 Å². The Labute approximate surface area is 117 Å². The molecule has 1 aromatic carbocycles. The predicted molar refractivity (Wildman–Crippen MR) is 63.0 cm³/mol. The second-order valence-corrected chi connectivity index (χ2v) is 4.89. The fourth-order valence-corrected chi connectivity index (χ4v) is 1.29. The number of carbonyl (C=O) groups is 1. The van der Waals surface area contributed by atoms with Crippen molar-refractivity contribution in [3.05, 3.63) is 28.8 Å². The Kier molecular flexibility index (Phi) is 4.31. The Hall–Kier alpha value is -0.770. The van der Waals surface area contributed by atoms with Crippen LogP contribution < -0.4 is 4.74 Å². The second kappa shape index (κ2) is 5.08. The fraction of sp³-hybridized carbons (Fsp3) is 0.222. The van der Waals surface area contributed by atoms with E-state index in [1.54, 1.807) is 0 Å². The van der Waals surface area contributed by atoms with E-state index >= 15 is 0 Å². The minimum Gasteiger partial charge on any atom is -0.478 e. The molecule has 9 heteroatoms. The Morgan fingerprint density at radius 2 is 1.83 bits per heavy atom. The van der Waals surface area contributed by atoms with Gasteiger partial charge in [-0.2, -0.15) is 17.6 Å². The molecule has 0 saturated heterocycles. The van der Waals surface area contributed by atoms with Gasteiger partial charge in [-0.25, -0.2) is 4.79 Å². The highest BCUT2D eigenvalue weighted by Gasteiger charge is 2.57. The number of carboxylic acid groups (broad SMARTS) is 1. The first kappa shape index (κ1) is 15.3. The summed E-state index contributed by atoms with van der Waals surface area (Å²) in [5.41, 5.74) is -0.454. The number of rotatable bonds is 4. The van der Waals surface area contributed by atoms with E-state index in [4.69, 9.17) is 16.7 Å². The van der Waals surface area contributed by atoms with E-state index in [1.165, 1.54) is 0 Å². The van der Waals surface area contributed by atoms with E-state index in [2.05, 4.69) is 4.74 Å². The molecule has 100 valence electrons. The molecule has 1 aromatic rings. The fourth-order valence-electron chi connectivity index (χ4n) is 0.951. The average Bonchev–Trinajstić information content (AvgIpc) is 2.13. The molecule has 1 rings (SSSR count). The lowest BCUT2D eigenvalue weighted by Crippen LogP contribution is -2.40. The largest absolute Gasteiger partial charge is 0.478 e. The van der Waals surface area contributed by atoms with Crippen molar-refractivity contribution in [3.8, 4) is 5.75 Å². The molecule has 0 aliphatic heterocycles. The number of alkyl halides is 5. The van der Waals surface area contributed by atoms with Crippen molar-refractivity contribution in [1.82, 2.24) is 0 Å². The van der Waals surface area contributed by atoms with E-state index < -0.39 is 27.3 Å². The summed E-state index contributed by atoms with van der Waals surface area (Å²) in [6.07, 6.45) is -4.78. The first-order valence-corrected chi connectivity index (χ1v) is 5.66. The third kappa shape index (κ3) is 3.61. The van der Waals surface area contributed by atoms with Gasteiger partial charge in [0.2, 0.25) is 0 Å². The molecular weight excluding hydrogens is 394 g/mol. The third-order valence-corrected chi connectivity index (χ3v) is 2.54. The molecule has 0 radical (unpaired) electrons. The quantitative estimate of drug-likeness (QED) is 0.473. The summed E-state index contributed by atoms with van der Waals surface area (Å²) >= 11 is 5.68. The molecule has 0 heterocycles. The molecule has 1 N–H and O–H groups in total. The van der Waals surface area contributed by atoms with Crippen LogP contribution in [-0.2, 0) is 0 Å². The SMILES string of the molecule is O=C(O)c1cc(Cl)cc(OC(F)(F)C(F)(F)I)c1. The van der Waals surface area contributed by atoms with Crippen molar-refractivity contribution in [2.24, 2.45) is 0 Å². The monoisotopic (exact) mass is 398 g/mol. The maximum atomic E-state index is 12.9. The van der Waals surface area contributed by atoms with Crippen LogP contribution in [0.25, 0.3) is 0 Å². The summed E-state index contributed by atoms with van der Waals surface area (Å²) in [6.45, 7) is 0. The number of hydrogen-bond acceptors (Lipinski definition) is 2. The van der Waals surface area contributed by atoms with E-state index in [-0.39, 0.29) is 27.6 Å². The van der Waals surface area contributed by atoms with Crippen LogP contribution in [0, 0.1) is 0 Å². The van der Waals surface area contributed by atoms with Crippen molar-refractivity contribution < 1.29 is 32.2 Å². The maximum Gasteiger partial charge on any atom is 0.474 e. The lowest BCUT2D eigenvalue weighted by atomic mass is 10.2. The van der Waals surface area contributed by atoms with Crippen LogP contribution in [0.3, 0.4) is 0 Å². The minimum absolute atomic E-state index is 0.219. The molecule has 0 spiro atoms. The number of ether oxygens (including phenoxy) is 1. The highest BCUT2D eigenvalue weighted by Crippen LogP contribution is 2.41. The van der Waals surface area contributed by atoms with Crippen molar-refractivity contribution in [3.63, 3.8) is 0 Å². The van der Waals surface area contributed by atoms with Crippen LogP contribution in [0.15, 0.2) is 18.2 Å². The molecule has 0 atom stereocenters. The molecule has 18 heavy (non-hydrogen) atoms. The van der Waals surface area contributed by atoms with Crippen LogP contribution in [0.2, 0.25) is 5.02 Å². The molecule has 0 aromatic heterocycles. The van der Waals surface area contributed by atoms with Gasteiger partial charge in [0.05, 0.1) is 5.56 Å². The number of benzene rings is 1. The molecule has 3 nitrogen and oxygen atoms in total. The lowest BCUT2D eigenvalue weighted by Gasteiger charge is -2.22. The van der Waals surface area contributed by atoms with Gasteiger partial charge in [0.1, 0.15) is 5.75 Å². The third-order valence-electron chi connectivity index (χ3n) is 1.69. The van der Waals surface area contributed by atoms with Gasteiger partial charge in [0.15, 0.2) is 0 Å². The van der Waals surface area contributed by atoms with Gasteiger partial charge in [0.25, 0.3) is 0 Å². The number of halogens is 6. The smallest absolute Gasteiger partial charge is 0.474 e. The Balaban J connectivity index is 3.09. The maximum absolute atomic E-state index is 12.9. The highest BCUT2D eigenvalue weighted by molar-refractivity contribution is 14.1. The van der Waals surface area contributed by atoms with Crippen LogP contribution in [0.1, 0.15) is 10.4 Å². The van der Waals surface area contributed by atoms with Crippen LogP contribution in [0.4, 0.5) is 17.6 Å². The van der Waals surface area contributed by atoms with E-state index in [1.807, 2.05) is 0 Å². The van der Waals surface area contributed by atoms with Crippen LogP contribution in [-0.4, -0.2) is 21.1 Å². The Morgan fingerprint density at radius 1 is 1.28 bits per heavy atom. The van der Waals surface area contributed by atoms with Gasteiger partial charge >= 0.3 is 16.0 Å². The number of aromatic carboxylic acids is 1. The topological polar surface area (TPSA) is 46.5 Å².